The Bertz CT molecular complexity index is 1800. The van der Waals surface area contributed by atoms with Gasteiger partial charge in [-0.25, -0.2) is 33.5 Å². The van der Waals surface area contributed by atoms with Gasteiger partial charge < -0.3 is 20.1 Å². The minimum Gasteiger partial charge on any atom is -0.465 e. The van der Waals surface area contributed by atoms with E-state index in [0.29, 0.717) is 12.1 Å². The quantitative estimate of drug-likeness (QED) is 0.0956. The first-order chi connectivity index (χ1) is 23.4. The van der Waals surface area contributed by atoms with E-state index in [0.717, 1.165) is 28.2 Å². The summed E-state index contributed by atoms with van der Waals surface area (Å²) in [7, 11) is -4.90. The Morgan fingerprint density at radius 3 is 2.34 bits per heavy atom. The molecule has 20 heteroatoms. The van der Waals surface area contributed by atoms with E-state index in [2.05, 4.69) is 15.0 Å². The summed E-state index contributed by atoms with van der Waals surface area (Å²) in [6.07, 6.45) is -7.65. The van der Waals surface area contributed by atoms with Crippen LogP contribution >= 0.6 is 10.9 Å². The van der Waals surface area contributed by atoms with Crippen LogP contribution in [0.15, 0.2) is 42.6 Å². The number of nitrogens with zero attached hydrogens (tertiary/aromatic N) is 4. The maximum absolute atomic E-state index is 14.5. The van der Waals surface area contributed by atoms with Crippen molar-refractivity contribution in [2.75, 3.05) is 32.5 Å². The van der Waals surface area contributed by atoms with Gasteiger partial charge in [-0.2, -0.15) is 25.9 Å². The fourth-order valence-corrected chi connectivity index (χ4v) is 11.4. The van der Waals surface area contributed by atoms with Crippen molar-refractivity contribution in [1.82, 2.24) is 24.0 Å². The van der Waals surface area contributed by atoms with E-state index in [4.69, 9.17) is 4.74 Å². The highest BCUT2D eigenvalue weighted by molar-refractivity contribution is 8.18. The van der Waals surface area contributed by atoms with Crippen molar-refractivity contribution in [3.05, 3.63) is 71.2 Å². The minimum atomic E-state index is -4.89. The van der Waals surface area contributed by atoms with Gasteiger partial charge in [0, 0.05) is 48.9 Å². The van der Waals surface area contributed by atoms with Crippen LogP contribution in [-0.4, -0.2) is 105 Å². The standard InChI is InChI=1S/C30H35F6N5O7S2/c1-16(42)48-14-24-27(44)26(41-13-22(38-39-41)17-11-20(31)25(33)21(32)12-17)23(43)15-49(24)28(18-5-3-4-6-19(18)30(34,35)36)29(45)7-9-40(10-8-29)50(46,47)37-2/h3-6,11-13,23-24,26-28,37,43-45,49H,7-10,14-15H2,1-2H3/t23-,24+,26-,27-,28?/m0/s1. The van der Waals surface area contributed by atoms with Crippen LogP contribution < -0.4 is 4.72 Å². The Kier molecular flexibility index (Phi) is 10.9. The number of esters is 1. The minimum absolute atomic E-state index is 0.166. The first-order valence-electron chi connectivity index (χ1n) is 15.3. The number of piperidine rings is 1. The summed E-state index contributed by atoms with van der Waals surface area (Å²) in [6.45, 7) is 0.0170. The zero-order valence-electron chi connectivity index (χ0n) is 26.6. The van der Waals surface area contributed by atoms with Crippen molar-refractivity contribution in [1.29, 1.82) is 0 Å². The molecule has 2 saturated heterocycles. The van der Waals surface area contributed by atoms with E-state index < -0.39 is 97.2 Å². The van der Waals surface area contributed by atoms with Crippen molar-refractivity contribution < 1.29 is 59.6 Å². The van der Waals surface area contributed by atoms with Gasteiger partial charge in [0.1, 0.15) is 18.3 Å². The Labute approximate surface area is 285 Å². The van der Waals surface area contributed by atoms with Gasteiger partial charge in [-0.15, -0.1) is 5.10 Å². The molecule has 3 heterocycles. The Morgan fingerprint density at radius 1 is 1.14 bits per heavy atom. The normalized spacial score (nSPS) is 26.0. The van der Waals surface area contributed by atoms with Gasteiger partial charge in [0.05, 0.1) is 29.6 Å². The van der Waals surface area contributed by atoms with E-state index in [1.807, 2.05) is 0 Å². The fourth-order valence-electron chi connectivity index (χ4n) is 6.68. The number of nitrogens with one attached hydrogen (secondary N) is 1. The number of alkyl halides is 3. The Hall–Kier alpha value is -3.27. The summed E-state index contributed by atoms with van der Waals surface area (Å²) >= 11 is 0. The first-order valence-corrected chi connectivity index (χ1v) is 18.4. The summed E-state index contributed by atoms with van der Waals surface area (Å²) in [4.78, 5) is 12.0. The van der Waals surface area contributed by atoms with E-state index in [1.165, 1.54) is 25.2 Å². The molecule has 12 nitrogen and oxygen atoms in total. The van der Waals surface area contributed by atoms with Gasteiger partial charge in [0.15, 0.2) is 17.5 Å². The molecule has 5 rings (SSSR count). The van der Waals surface area contributed by atoms with Crippen LogP contribution in [0.2, 0.25) is 0 Å². The lowest BCUT2D eigenvalue weighted by Gasteiger charge is -2.53. The Morgan fingerprint density at radius 2 is 1.76 bits per heavy atom. The summed E-state index contributed by atoms with van der Waals surface area (Å²) < 4.78 is 119. The number of carbonyl (C=O) groups excluding carboxylic acids is 1. The highest BCUT2D eigenvalue weighted by atomic mass is 32.2. The second-order valence-corrected chi connectivity index (χ2v) is 16.6. The number of aliphatic hydroxyl groups excluding tert-OH is 2. The fraction of sp³-hybridized carbons (Fsp3) is 0.500. The average molecular weight is 756 g/mol. The molecule has 0 amide bonds. The largest absolute Gasteiger partial charge is 0.465 e. The lowest BCUT2D eigenvalue weighted by Crippen LogP contribution is -2.56. The maximum Gasteiger partial charge on any atom is 0.416 e. The summed E-state index contributed by atoms with van der Waals surface area (Å²) in [6, 6.07) is 4.49. The molecule has 3 aromatic rings. The molecule has 2 unspecified atom stereocenters. The third-order valence-corrected chi connectivity index (χ3v) is 14.2. The second-order valence-electron chi connectivity index (χ2n) is 12.2. The van der Waals surface area contributed by atoms with Gasteiger partial charge in [-0.05, 0) is 36.6 Å². The molecule has 2 aromatic carbocycles. The highest BCUT2D eigenvalue weighted by Gasteiger charge is 2.54. The Balaban J connectivity index is 1.58. The van der Waals surface area contributed by atoms with Crippen LogP contribution in [0.1, 0.15) is 42.2 Å². The molecule has 6 atom stereocenters. The van der Waals surface area contributed by atoms with Crippen molar-refractivity contribution in [2.24, 2.45) is 0 Å². The number of thiol groups is 1. The molecule has 2 fully saturated rings. The van der Waals surface area contributed by atoms with E-state index >= 15 is 0 Å². The second kappa shape index (κ2) is 14.4. The lowest BCUT2D eigenvalue weighted by molar-refractivity contribution is -0.141. The average Bonchev–Trinajstić information content (AvgIpc) is 3.53. The number of hydrogen-bond acceptors (Lipinski definition) is 9. The summed E-state index contributed by atoms with van der Waals surface area (Å²) in [5, 5.41) is 40.7. The van der Waals surface area contributed by atoms with E-state index in [-0.39, 0.29) is 48.5 Å². The van der Waals surface area contributed by atoms with Gasteiger partial charge >= 0.3 is 12.1 Å². The molecule has 1 aromatic heterocycles. The van der Waals surface area contributed by atoms with Gasteiger partial charge in [-0.3, -0.25) is 4.79 Å². The first kappa shape index (κ1) is 38.0. The molecular weight excluding hydrogens is 720 g/mol. The molecular formula is C30H35F6N5O7S2. The van der Waals surface area contributed by atoms with Gasteiger partial charge in [0.2, 0.25) is 0 Å². The predicted octanol–water partition coefficient (Wildman–Crippen LogP) is 2.62. The van der Waals surface area contributed by atoms with Crippen LogP contribution in [0.4, 0.5) is 26.3 Å². The van der Waals surface area contributed by atoms with Crippen molar-refractivity contribution in [3.8, 4) is 11.3 Å². The lowest BCUT2D eigenvalue weighted by atomic mass is 9.84. The van der Waals surface area contributed by atoms with Crippen LogP contribution in [-0.2, 0) is 25.9 Å². The number of ether oxygens (including phenoxy) is 1. The number of aliphatic hydroxyl groups is 3. The van der Waals surface area contributed by atoms with E-state index in [9.17, 15) is 54.9 Å². The predicted molar refractivity (Wildman–Crippen MR) is 169 cm³/mol. The molecule has 0 spiro atoms. The number of aromatic nitrogens is 3. The van der Waals surface area contributed by atoms with E-state index in [1.54, 1.807) is 0 Å². The van der Waals surface area contributed by atoms with Crippen LogP contribution in [0, 0.1) is 17.5 Å². The maximum atomic E-state index is 14.5. The number of rotatable bonds is 9. The number of benzene rings is 2. The van der Waals surface area contributed by atoms with Gasteiger partial charge in [-0.1, -0.05) is 23.4 Å². The third kappa shape index (κ3) is 7.51. The molecule has 4 N–H and O–H groups in total. The van der Waals surface area contributed by atoms with Gasteiger partial charge in [0.25, 0.3) is 10.2 Å². The topological polar surface area (TPSA) is 167 Å². The van der Waals surface area contributed by atoms with Crippen molar-refractivity contribution >= 4 is 27.1 Å². The van der Waals surface area contributed by atoms with Crippen molar-refractivity contribution in [3.63, 3.8) is 0 Å². The number of halogens is 6. The highest BCUT2D eigenvalue weighted by Crippen LogP contribution is 2.61. The zero-order valence-corrected chi connectivity index (χ0v) is 28.3. The van der Waals surface area contributed by atoms with Crippen LogP contribution in [0.3, 0.4) is 0 Å². The van der Waals surface area contributed by atoms with Crippen LogP contribution in [0.25, 0.3) is 11.3 Å². The molecule has 0 radical (unpaired) electrons. The number of carbonyl (C=O) groups is 1. The SMILES string of the molecule is CNS(=O)(=O)N1CCC(O)(C(c2ccccc2C(F)(F)F)[SH]2C[C@H](O)[C@H](n3cc(-c4cc(F)c(F)c(F)c4)nn3)[C@@H](O)[C@H]2COC(C)=O)CC1. The monoisotopic (exact) mass is 755 g/mol. The zero-order chi connectivity index (χ0) is 36.8. The third-order valence-electron chi connectivity index (χ3n) is 9.10. The molecule has 50 heavy (non-hydrogen) atoms. The summed E-state index contributed by atoms with van der Waals surface area (Å²) in [5.41, 5.74) is -3.79. The number of hydrogen-bond donors (Lipinski definition) is 5. The molecule has 2 aliphatic rings. The smallest absolute Gasteiger partial charge is 0.416 e. The van der Waals surface area contributed by atoms with Crippen LogP contribution in [0.5, 0.6) is 0 Å². The van der Waals surface area contributed by atoms with Crippen molar-refractivity contribution in [2.45, 2.75) is 60.3 Å². The molecule has 0 aliphatic carbocycles. The molecule has 2 aliphatic heterocycles. The molecule has 0 bridgehead atoms. The summed E-state index contributed by atoms with van der Waals surface area (Å²) in [5.74, 6) is -5.82. The molecule has 0 saturated carbocycles. The molecule has 276 valence electrons.